The summed E-state index contributed by atoms with van der Waals surface area (Å²) in [7, 11) is 0. The van der Waals surface area contributed by atoms with E-state index in [-0.39, 0.29) is 5.91 Å². The Morgan fingerprint density at radius 1 is 1.33 bits per heavy atom. The van der Waals surface area contributed by atoms with Crippen molar-refractivity contribution in [2.45, 2.75) is 32.7 Å². The Balaban J connectivity index is 2.21. The molecule has 0 aromatic rings. The van der Waals surface area contributed by atoms with Crippen LogP contribution in [-0.2, 0) is 4.79 Å². The quantitative estimate of drug-likeness (QED) is 0.685. The molecule has 0 atom stereocenters. The lowest BCUT2D eigenvalue weighted by molar-refractivity contribution is -0.123. The van der Waals surface area contributed by atoms with Crippen LogP contribution in [0.2, 0.25) is 0 Å². The van der Waals surface area contributed by atoms with E-state index in [0.717, 1.165) is 39.0 Å². The van der Waals surface area contributed by atoms with Crippen LogP contribution in [0.1, 0.15) is 26.7 Å². The van der Waals surface area contributed by atoms with Gasteiger partial charge in [0.05, 0.1) is 6.54 Å². The van der Waals surface area contributed by atoms with Crippen molar-refractivity contribution in [3.8, 4) is 0 Å². The van der Waals surface area contributed by atoms with Crippen molar-refractivity contribution in [1.82, 2.24) is 15.5 Å². The van der Waals surface area contributed by atoms with Crippen molar-refractivity contribution in [1.29, 1.82) is 0 Å². The third-order valence-corrected chi connectivity index (χ3v) is 2.97. The smallest absolute Gasteiger partial charge is 0.234 e. The first-order valence-corrected chi connectivity index (χ1v) is 5.98. The molecule has 15 heavy (non-hydrogen) atoms. The predicted molar refractivity (Wildman–Crippen MR) is 61.8 cm³/mol. The molecule has 1 aliphatic heterocycles. The highest BCUT2D eigenvalue weighted by Gasteiger charge is 2.16. The first kappa shape index (κ1) is 12.5. The van der Waals surface area contributed by atoms with Gasteiger partial charge in [0.25, 0.3) is 0 Å². The summed E-state index contributed by atoms with van der Waals surface area (Å²) in [5.41, 5.74) is 0. The molecule has 0 spiro atoms. The molecule has 1 heterocycles. The number of nitrogens with one attached hydrogen (secondary N) is 2. The average molecular weight is 213 g/mol. The van der Waals surface area contributed by atoms with Crippen LogP contribution in [-0.4, -0.2) is 49.6 Å². The maximum Gasteiger partial charge on any atom is 0.234 e. The summed E-state index contributed by atoms with van der Waals surface area (Å²) in [5.74, 6) is 0.172. The van der Waals surface area contributed by atoms with Gasteiger partial charge in [-0.05, 0) is 39.0 Å². The van der Waals surface area contributed by atoms with E-state index < -0.39 is 0 Å². The Labute approximate surface area is 92.4 Å². The fourth-order valence-electron chi connectivity index (χ4n) is 1.89. The van der Waals surface area contributed by atoms with E-state index in [1.54, 1.807) is 0 Å². The van der Waals surface area contributed by atoms with Crippen molar-refractivity contribution < 1.29 is 4.79 Å². The number of carbonyl (C=O) groups is 1. The van der Waals surface area contributed by atoms with Crippen molar-refractivity contribution >= 4 is 5.91 Å². The standard InChI is InChI=1S/C11H23N3O/c1-3-14(4-2)9-11(15)13-10-5-7-12-8-6-10/h10,12H,3-9H2,1-2H3,(H,13,15). The van der Waals surface area contributed by atoms with E-state index in [9.17, 15) is 4.79 Å². The van der Waals surface area contributed by atoms with E-state index >= 15 is 0 Å². The van der Waals surface area contributed by atoms with Gasteiger partial charge >= 0.3 is 0 Å². The second-order valence-electron chi connectivity index (χ2n) is 4.05. The molecule has 1 aliphatic rings. The van der Waals surface area contributed by atoms with Gasteiger partial charge in [0.15, 0.2) is 0 Å². The van der Waals surface area contributed by atoms with Crippen LogP contribution >= 0.6 is 0 Å². The first-order valence-electron chi connectivity index (χ1n) is 5.98. The van der Waals surface area contributed by atoms with Gasteiger partial charge in [-0.25, -0.2) is 0 Å². The minimum absolute atomic E-state index is 0.172. The Kier molecular flexibility index (Phi) is 5.65. The van der Waals surface area contributed by atoms with Crippen LogP contribution < -0.4 is 10.6 Å². The van der Waals surface area contributed by atoms with Gasteiger partial charge in [-0.15, -0.1) is 0 Å². The zero-order valence-electron chi connectivity index (χ0n) is 9.88. The van der Waals surface area contributed by atoms with Crippen LogP contribution in [0.25, 0.3) is 0 Å². The summed E-state index contributed by atoms with van der Waals surface area (Å²) in [6.07, 6.45) is 2.12. The number of piperidine rings is 1. The number of likely N-dealkylation sites (N-methyl/N-ethyl adjacent to an activating group) is 1. The number of nitrogens with zero attached hydrogens (tertiary/aromatic N) is 1. The maximum atomic E-state index is 11.7. The van der Waals surface area contributed by atoms with Crippen LogP contribution in [0.5, 0.6) is 0 Å². The van der Waals surface area contributed by atoms with Gasteiger partial charge < -0.3 is 10.6 Å². The van der Waals surface area contributed by atoms with Crippen molar-refractivity contribution in [2.24, 2.45) is 0 Å². The van der Waals surface area contributed by atoms with Crippen molar-refractivity contribution in [2.75, 3.05) is 32.7 Å². The molecule has 0 radical (unpaired) electrons. The van der Waals surface area contributed by atoms with Crippen LogP contribution in [0.3, 0.4) is 0 Å². The molecule has 4 nitrogen and oxygen atoms in total. The van der Waals surface area contributed by atoms with Crippen LogP contribution in [0, 0.1) is 0 Å². The topological polar surface area (TPSA) is 44.4 Å². The van der Waals surface area contributed by atoms with Crippen molar-refractivity contribution in [3.63, 3.8) is 0 Å². The Bertz CT molecular complexity index is 186. The Hall–Kier alpha value is -0.610. The molecule has 0 aromatic heterocycles. The van der Waals surface area contributed by atoms with Crippen LogP contribution in [0.4, 0.5) is 0 Å². The largest absolute Gasteiger partial charge is 0.352 e. The molecule has 2 N–H and O–H groups in total. The summed E-state index contributed by atoms with van der Waals surface area (Å²) in [4.78, 5) is 13.8. The number of hydrogen-bond donors (Lipinski definition) is 2. The zero-order chi connectivity index (χ0) is 11.1. The lowest BCUT2D eigenvalue weighted by atomic mass is 10.1. The van der Waals surface area contributed by atoms with Crippen molar-refractivity contribution in [3.05, 3.63) is 0 Å². The maximum absolute atomic E-state index is 11.7. The monoisotopic (exact) mass is 213 g/mol. The van der Waals surface area contributed by atoms with Gasteiger partial charge in [0, 0.05) is 6.04 Å². The summed E-state index contributed by atoms with van der Waals surface area (Å²) in [5, 5.41) is 6.39. The molecule has 0 unspecified atom stereocenters. The number of amides is 1. The van der Waals surface area contributed by atoms with E-state index in [0.29, 0.717) is 12.6 Å². The molecule has 88 valence electrons. The second-order valence-corrected chi connectivity index (χ2v) is 4.05. The molecule has 1 saturated heterocycles. The number of hydrogen-bond acceptors (Lipinski definition) is 3. The molecular weight excluding hydrogens is 190 g/mol. The second kappa shape index (κ2) is 6.80. The third kappa shape index (κ3) is 4.62. The van der Waals surface area contributed by atoms with Gasteiger partial charge in [-0.3, -0.25) is 9.69 Å². The minimum atomic E-state index is 0.172. The van der Waals surface area contributed by atoms with E-state index in [1.165, 1.54) is 0 Å². The average Bonchev–Trinajstić information content (AvgIpc) is 2.27. The van der Waals surface area contributed by atoms with E-state index in [2.05, 4.69) is 29.4 Å². The van der Waals surface area contributed by atoms with E-state index in [4.69, 9.17) is 0 Å². The van der Waals surface area contributed by atoms with Gasteiger partial charge in [0.2, 0.25) is 5.91 Å². The third-order valence-electron chi connectivity index (χ3n) is 2.97. The lowest BCUT2D eigenvalue weighted by Crippen LogP contribution is -2.46. The lowest BCUT2D eigenvalue weighted by Gasteiger charge is -2.25. The molecule has 0 bridgehead atoms. The van der Waals surface area contributed by atoms with Gasteiger partial charge in [0.1, 0.15) is 0 Å². The summed E-state index contributed by atoms with van der Waals surface area (Å²) in [6, 6.07) is 0.384. The summed E-state index contributed by atoms with van der Waals surface area (Å²) < 4.78 is 0. The van der Waals surface area contributed by atoms with Gasteiger partial charge in [-0.1, -0.05) is 13.8 Å². The molecule has 0 aromatic carbocycles. The summed E-state index contributed by atoms with van der Waals surface area (Å²) >= 11 is 0. The molecule has 4 heteroatoms. The SMILES string of the molecule is CCN(CC)CC(=O)NC1CCNCC1. The van der Waals surface area contributed by atoms with E-state index in [1.807, 2.05) is 0 Å². The highest BCUT2D eigenvalue weighted by Crippen LogP contribution is 2.01. The summed E-state index contributed by atoms with van der Waals surface area (Å²) in [6.45, 7) is 8.64. The normalized spacial score (nSPS) is 18.1. The molecule has 0 saturated carbocycles. The number of rotatable bonds is 5. The number of carbonyl (C=O) groups excluding carboxylic acids is 1. The molecule has 1 rings (SSSR count). The highest BCUT2D eigenvalue weighted by atomic mass is 16.2. The fourth-order valence-corrected chi connectivity index (χ4v) is 1.89. The zero-order valence-corrected chi connectivity index (χ0v) is 9.88. The Morgan fingerprint density at radius 2 is 1.93 bits per heavy atom. The highest BCUT2D eigenvalue weighted by molar-refractivity contribution is 5.78. The first-order chi connectivity index (χ1) is 7.26. The Morgan fingerprint density at radius 3 is 2.47 bits per heavy atom. The molecule has 1 amide bonds. The fraction of sp³-hybridized carbons (Fsp3) is 0.909. The molecular formula is C11H23N3O. The molecule has 0 aliphatic carbocycles. The molecule has 1 fully saturated rings. The van der Waals surface area contributed by atoms with Gasteiger partial charge in [-0.2, -0.15) is 0 Å². The van der Waals surface area contributed by atoms with Crippen LogP contribution in [0.15, 0.2) is 0 Å². The predicted octanol–water partition coefficient (Wildman–Crippen LogP) is 0.196. The minimum Gasteiger partial charge on any atom is -0.352 e.